The van der Waals surface area contributed by atoms with E-state index >= 15 is 0 Å². The van der Waals surface area contributed by atoms with Crippen LogP contribution < -0.4 is 0 Å². The number of carbonyl (C=O) groups excluding carboxylic acids is 2. The van der Waals surface area contributed by atoms with Gasteiger partial charge >= 0.3 is 11.9 Å². The summed E-state index contributed by atoms with van der Waals surface area (Å²) >= 11 is 0. The molecule has 0 atom stereocenters. The molecule has 0 aromatic heterocycles. The predicted octanol–water partition coefficient (Wildman–Crippen LogP) is 3.03. The molecule has 1 rings (SSSR count). The highest BCUT2D eigenvalue weighted by molar-refractivity contribution is 5.86. The molecule has 1 aliphatic rings. The number of hydrogen-bond donors (Lipinski definition) is 0. The molecule has 0 unspecified atom stereocenters. The number of methoxy groups -OCH3 is 1. The van der Waals surface area contributed by atoms with Crippen LogP contribution in [0.4, 0.5) is 0 Å². The van der Waals surface area contributed by atoms with Gasteiger partial charge < -0.3 is 9.47 Å². The van der Waals surface area contributed by atoms with Crippen molar-refractivity contribution in [3.63, 3.8) is 0 Å². The minimum absolute atomic E-state index is 0.291. The quantitative estimate of drug-likeness (QED) is 0.581. The molecular weight excluding hydrogens is 244 g/mol. The van der Waals surface area contributed by atoms with Crippen LogP contribution in [0, 0.1) is 5.92 Å². The van der Waals surface area contributed by atoms with E-state index in [0.717, 1.165) is 0 Å². The fourth-order valence-corrected chi connectivity index (χ4v) is 1.79. The highest BCUT2D eigenvalue weighted by atomic mass is 16.5. The average Bonchev–Trinajstić information content (AvgIpc) is 2.45. The fourth-order valence-electron chi connectivity index (χ4n) is 1.79. The first-order valence-electron chi connectivity index (χ1n) is 6.54. The van der Waals surface area contributed by atoms with E-state index < -0.39 is 0 Å². The molecule has 1 saturated carbocycles. The third-order valence-corrected chi connectivity index (χ3v) is 2.89. The Labute approximate surface area is 115 Å². The van der Waals surface area contributed by atoms with E-state index in [2.05, 4.69) is 17.9 Å². The molecule has 0 saturated heterocycles. The number of ether oxygens (including phenoxy) is 2. The van der Waals surface area contributed by atoms with E-state index in [9.17, 15) is 9.59 Å². The van der Waals surface area contributed by atoms with Gasteiger partial charge in [0.05, 0.1) is 13.7 Å². The van der Waals surface area contributed by atoms with Crippen LogP contribution in [0.15, 0.2) is 24.8 Å². The van der Waals surface area contributed by atoms with Crippen LogP contribution in [0.1, 0.15) is 39.0 Å². The Bertz CT molecular complexity index is 314. The molecule has 108 valence electrons. The lowest BCUT2D eigenvalue weighted by atomic mass is 9.90. The van der Waals surface area contributed by atoms with Gasteiger partial charge in [0, 0.05) is 11.6 Å². The van der Waals surface area contributed by atoms with Gasteiger partial charge in [-0.15, -0.1) is 0 Å². The minimum Gasteiger partial charge on any atom is -0.466 e. The first kappa shape index (κ1) is 17.4. The first-order chi connectivity index (χ1) is 9.01. The Balaban J connectivity index is 0.000000399. The lowest BCUT2D eigenvalue weighted by Crippen LogP contribution is -2.15. The summed E-state index contributed by atoms with van der Waals surface area (Å²) in [6.07, 6.45) is 7.57. The normalized spacial score (nSPS) is 14.6. The van der Waals surface area contributed by atoms with Crippen LogP contribution in [-0.4, -0.2) is 25.7 Å². The number of esters is 2. The van der Waals surface area contributed by atoms with Crippen molar-refractivity contribution in [3.8, 4) is 0 Å². The molecule has 1 fully saturated rings. The van der Waals surface area contributed by atoms with E-state index in [4.69, 9.17) is 4.74 Å². The van der Waals surface area contributed by atoms with Gasteiger partial charge in [0.15, 0.2) is 0 Å². The summed E-state index contributed by atoms with van der Waals surface area (Å²) < 4.78 is 9.25. The molecule has 0 amide bonds. The van der Waals surface area contributed by atoms with Crippen LogP contribution in [0.25, 0.3) is 0 Å². The molecule has 0 radical (unpaired) electrons. The van der Waals surface area contributed by atoms with Crippen molar-refractivity contribution in [2.45, 2.75) is 39.0 Å². The maximum absolute atomic E-state index is 10.7. The predicted molar refractivity (Wildman–Crippen MR) is 74.6 cm³/mol. The molecule has 19 heavy (non-hydrogen) atoms. The second kappa shape index (κ2) is 10.4. The SMILES string of the molecule is C=C(C)C(=O)OC.C=CC(=O)OCC1CCCCC1. The van der Waals surface area contributed by atoms with Gasteiger partial charge in [0.2, 0.25) is 0 Å². The monoisotopic (exact) mass is 268 g/mol. The number of hydrogen-bond acceptors (Lipinski definition) is 4. The molecular formula is C15H24O4. The largest absolute Gasteiger partial charge is 0.466 e. The molecule has 0 bridgehead atoms. The maximum Gasteiger partial charge on any atom is 0.332 e. The van der Waals surface area contributed by atoms with Crippen LogP contribution in [-0.2, 0) is 19.1 Å². The Morgan fingerprint density at radius 1 is 1.26 bits per heavy atom. The summed E-state index contributed by atoms with van der Waals surface area (Å²) in [5.41, 5.74) is 0.433. The van der Waals surface area contributed by atoms with Gasteiger partial charge in [-0.05, 0) is 25.7 Å². The van der Waals surface area contributed by atoms with Crippen LogP contribution in [0.2, 0.25) is 0 Å². The van der Waals surface area contributed by atoms with E-state index in [1.54, 1.807) is 6.92 Å². The molecule has 0 heterocycles. The molecule has 0 spiro atoms. The standard InChI is InChI=1S/C10H16O2.C5H8O2/c1-2-10(11)12-8-9-6-4-3-5-7-9;1-4(2)5(6)7-3/h2,9H,1,3-8H2;1H2,2-3H3. The summed E-state index contributed by atoms with van der Waals surface area (Å²) in [5.74, 6) is -0.0387. The smallest absolute Gasteiger partial charge is 0.332 e. The van der Waals surface area contributed by atoms with Crippen molar-refractivity contribution in [1.29, 1.82) is 0 Å². The third kappa shape index (κ3) is 9.05. The summed E-state index contributed by atoms with van der Waals surface area (Å²) in [4.78, 5) is 20.9. The van der Waals surface area contributed by atoms with E-state index in [-0.39, 0.29) is 11.9 Å². The molecule has 0 N–H and O–H groups in total. The molecule has 4 heteroatoms. The third-order valence-electron chi connectivity index (χ3n) is 2.89. The highest BCUT2D eigenvalue weighted by Crippen LogP contribution is 2.23. The zero-order valence-electron chi connectivity index (χ0n) is 11.9. The molecule has 0 aromatic rings. The van der Waals surface area contributed by atoms with Gasteiger partial charge in [-0.2, -0.15) is 0 Å². The van der Waals surface area contributed by atoms with Gasteiger partial charge in [0.25, 0.3) is 0 Å². The summed E-state index contributed by atoms with van der Waals surface area (Å²) in [6, 6.07) is 0. The van der Waals surface area contributed by atoms with Crippen molar-refractivity contribution < 1.29 is 19.1 Å². The topological polar surface area (TPSA) is 52.6 Å². The van der Waals surface area contributed by atoms with Crippen LogP contribution >= 0.6 is 0 Å². The molecule has 0 aliphatic heterocycles. The second-order valence-corrected chi connectivity index (χ2v) is 4.61. The Hall–Kier alpha value is -1.58. The summed E-state index contributed by atoms with van der Waals surface area (Å²) in [6.45, 7) is 8.89. The highest BCUT2D eigenvalue weighted by Gasteiger charge is 2.14. The summed E-state index contributed by atoms with van der Waals surface area (Å²) in [7, 11) is 1.33. The maximum atomic E-state index is 10.7. The summed E-state index contributed by atoms with van der Waals surface area (Å²) in [5, 5.41) is 0. The number of rotatable bonds is 4. The van der Waals surface area contributed by atoms with Crippen LogP contribution in [0.5, 0.6) is 0 Å². The minimum atomic E-state index is -0.347. The average molecular weight is 268 g/mol. The zero-order valence-corrected chi connectivity index (χ0v) is 11.9. The first-order valence-corrected chi connectivity index (χ1v) is 6.54. The Kier molecular flexibility index (Phi) is 9.49. The fraction of sp³-hybridized carbons (Fsp3) is 0.600. The van der Waals surface area contributed by atoms with E-state index in [0.29, 0.717) is 18.1 Å². The Morgan fingerprint density at radius 3 is 2.21 bits per heavy atom. The van der Waals surface area contributed by atoms with E-state index in [1.165, 1.54) is 45.3 Å². The molecule has 4 nitrogen and oxygen atoms in total. The van der Waals surface area contributed by atoms with Crippen molar-refractivity contribution >= 4 is 11.9 Å². The lowest BCUT2D eigenvalue weighted by Gasteiger charge is -2.20. The molecule has 0 aromatic carbocycles. The number of carbonyl (C=O) groups is 2. The van der Waals surface area contributed by atoms with Gasteiger partial charge in [-0.1, -0.05) is 32.4 Å². The second-order valence-electron chi connectivity index (χ2n) is 4.61. The van der Waals surface area contributed by atoms with Crippen LogP contribution in [0.3, 0.4) is 0 Å². The van der Waals surface area contributed by atoms with Crippen molar-refractivity contribution in [2.24, 2.45) is 5.92 Å². The van der Waals surface area contributed by atoms with E-state index in [1.807, 2.05) is 0 Å². The Morgan fingerprint density at radius 2 is 1.84 bits per heavy atom. The lowest BCUT2D eigenvalue weighted by molar-refractivity contribution is -0.139. The van der Waals surface area contributed by atoms with Gasteiger partial charge in [-0.3, -0.25) is 0 Å². The zero-order chi connectivity index (χ0) is 14.7. The van der Waals surface area contributed by atoms with Gasteiger partial charge in [0.1, 0.15) is 0 Å². The van der Waals surface area contributed by atoms with Gasteiger partial charge in [-0.25, -0.2) is 9.59 Å². The molecule has 1 aliphatic carbocycles. The van der Waals surface area contributed by atoms with Crippen molar-refractivity contribution in [2.75, 3.05) is 13.7 Å². The van der Waals surface area contributed by atoms with Crippen molar-refractivity contribution in [1.82, 2.24) is 0 Å². The van der Waals surface area contributed by atoms with Crippen molar-refractivity contribution in [3.05, 3.63) is 24.8 Å².